The zero-order valence-corrected chi connectivity index (χ0v) is 19.3. The minimum atomic E-state index is 0.0967. The second-order valence-electron chi connectivity index (χ2n) is 8.94. The predicted molar refractivity (Wildman–Crippen MR) is 126 cm³/mol. The predicted octanol–water partition coefficient (Wildman–Crippen LogP) is 3.26. The zero-order chi connectivity index (χ0) is 22.9. The van der Waals surface area contributed by atoms with Crippen molar-refractivity contribution in [3.63, 3.8) is 0 Å². The van der Waals surface area contributed by atoms with Crippen LogP contribution in [0, 0.1) is 0 Å². The van der Waals surface area contributed by atoms with Crippen molar-refractivity contribution in [3.05, 3.63) is 42.6 Å². The van der Waals surface area contributed by atoms with E-state index in [1.807, 2.05) is 42.6 Å². The molecular weight excluding hydrogens is 434 g/mol. The van der Waals surface area contributed by atoms with Gasteiger partial charge in [0.05, 0.1) is 31.1 Å². The molecule has 3 aliphatic rings. The van der Waals surface area contributed by atoms with Crippen molar-refractivity contribution < 1.29 is 18.9 Å². The highest BCUT2D eigenvalue weighted by atomic mass is 16.5. The molecule has 6 rings (SSSR count). The van der Waals surface area contributed by atoms with E-state index in [-0.39, 0.29) is 12.2 Å². The number of hydrogen-bond donors (Lipinski definition) is 0. The van der Waals surface area contributed by atoms with Crippen LogP contribution in [0.5, 0.6) is 11.8 Å². The fraction of sp³-hybridized carbons (Fsp3) is 0.480. The molecule has 3 atom stereocenters. The van der Waals surface area contributed by atoms with E-state index in [2.05, 4.69) is 4.90 Å². The smallest absolute Gasteiger partial charge is 0.320 e. The van der Waals surface area contributed by atoms with Crippen LogP contribution >= 0.6 is 0 Å². The van der Waals surface area contributed by atoms with Crippen LogP contribution in [-0.2, 0) is 9.47 Å². The van der Waals surface area contributed by atoms with Gasteiger partial charge < -0.3 is 23.8 Å². The lowest BCUT2D eigenvalue weighted by molar-refractivity contribution is 0.0645. The van der Waals surface area contributed by atoms with Crippen molar-refractivity contribution in [2.45, 2.75) is 43.9 Å². The molecule has 178 valence electrons. The Morgan fingerprint density at radius 1 is 1.03 bits per heavy atom. The van der Waals surface area contributed by atoms with Crippen molar-refractivity contribution in [2.24, 2.45) is 0 Å². The average molecular weight is 464 g/mol. The molecule has 0 amide bonds. The summed E-state index contributed by atoms with van der Waals surface area (Å²) in [6, 6.07) is 12.5. The number of methoxy groups -OCH3 is 1. The Labute approximate surface area is 198 Å². The molecule has 9 nitrogen and oxygen atoms in total. The molecule has 1 aromatic carbocycles. The number of benzene rings is 1. The van der Waals surface area contributed by atoms with Crippen LogP contribution in [0.2, 0.25) is 0 Å². The molecule has 3 saturated heterocycles. The summed E-state index contributed by atoms with van der Waals surface area (Å²) in [5, 5.41) is 4.79. The van der Waals surface area contributed by atoms with Gasteiger partial charge in [-0.3, -0.25) is 0 Å². The second kappa shape index (κ2) is 9.23. The first-order valence-electron chi connectivity index (χ1n) is 12.0. The van der Waals surface area contributed by atoms with Gasteiger partial charge in [-0.05, 0) is 43.9 Å². The summed E-state index contributed by atoms with van der Waals surface area (Å²) in [6.45, 7) is 2.95. The van der Waals surface area contributed by atoms with Gasteiger partial charge in [-0.15, -0.1) is 0 Å². The summed E-state index contributed by atoms with van der Waals surface area (Å²) >= 11 is 0. The Morgan fingerprint density at radius 2 is 1.97 bits per heavy atom. The van der Waals surface area contributed by atoms with Gasteiger partial charge in [0, 0.05) is 37.6 Å². The van der Waals surface area contributed by atoms with E-state index in [1.165, 1.54) is 0 Å². The van der Waals surface area contributed by atoms with E-state index in [9.17, 15) is 0 Å². The molecule has 3 aromatic rings. The summed E-state index contributed by atoms with van der Waals surface area (Å²) in [4.78, 5) is 11.8. The lowest BCUT2D eigenvalue weighted by Gasteiger charge is -2.24. The van der Waals surface area contributed by atoms with Gasteiger partial charge in [0.2, 0.25) is 0 Å². The lowest BCUT2D eigenvalue weighted by atomic mass is 10.1. The quantitative estimate of drug-likeness (QED) is 0.528. The van der Waals surface area contributed by atoms with Crippen LogP contribution in [0.25, 0.3) is 17.1 Å². The first-order chi connectivity index (χ1) is 16.8. The molecule has 0 spiro atoms. The lowest BCUT2D eigenvalue weighted by Crippen LogP contribution is -2.33. The Balaban J connectivity index is 1.31. The van der Waals surface area contributed by atoms with Gasteiger partial charge in [0.15, 0.2) is 5.82 Å². The van der Waals surface area contributed by atoms with Gasteiger partial charge in [-0.1, -0.05) is 12.1 Å². The molecule has 2 aromatic heterocycles. The summed E-state index contributed by atoms with van der Waals surface area (Å²) in [7, 11) is 1.66. The molecule has 0 aliphatic carbocycles. The molecule has 3 aliphatic heterocycles. The Morgan fingerprint density at radius 3 is 2.85 bits per heavy atom. The summed E-state index contributed by atoms with van der Waals surface area (Å²) in [5.41, 5.74) is 1.82. The maximum absolute atomic E-state index is 6.02. The van der Waals surface area contributed by atoms with Gasteiger partial charge >= 0.3 is 6.01 Å². The van der Waals surface area contributed by atoms with Crippen LogP contribution < -0.4 is 14.4 Å². The third-order valence-electron chi connectivity index (χ3n) is 6.81. The number of aromatic nitrogens is 4. The van der Waals surface area contributed by atoms with Gasteiger partial charge in [-0.2, -0.15) is 15.1 Å². The van der Waals surface area contributed by atoms with Crippen LogP contribution in [0.15, 0.2) is 42.6 Å². The van der Waals surface area contributed by atoms with Crippen LogP contribution in [0.4, 0.5) is 5.82 Å². The maximum Gasteiger partial charge on any atom is 0.320 e. The zero-order valence-electron chi connectivity index (χ0n) is 19.3. The molecule has 34 heavy (non-hydrogen) atoms. The molecule has 9 heteroatoms. The van der Waals surface area contributed by atoms with Gasteiger partial charge in [-0.25, -0.2) is 4.68 Å². The third kappa shape index (κ3) is 4.21. The standard InChI is InChI=1S/C25H29N5O4/c1-31-18-5-2-4-17(14-18)20-7-11-30(28-20)24-15-23(29-10-8-22-21(29)9-13-33-22)26-25(27-24)34-16-19-6-3-12-32-19/h2,4-5,7,11,14-15,19,21-22H,3,6,8-10,12-13,16H2,1H3/t19?,21-,22-/m1/s1. The molecular formula is C25H29N5O4. The van der Waals surface area contributed by atoms with Gasteiger partial charge in [0.25, 0.3) is 0 Å². The Bertz CT molecular complexity index is 1150. The van der Waals surface area contributed by atoms with E-state index in [4.69, 9.17) is 34.0 Å². The fourth-order valence-electron chi connectivity index (χ4n) is 5.05. The van der Waals surface area contributed by atoms with Crippen molar-refractivity contribution >= 4 is 5.82 Å². The Kier molecular flexibility index (Phi) is 5.80. The number of hydrogen-bond acceptors (Lipinski definition) is 8. The highest BCUT2D eigenvalue weighted by Crippen LogP contribution is 2.34. The number of rotatable bonds is 7. The Hall–Kier alpha value is -3.17. The van der Waals surface area contributed by atoms with Crippen LogP contribution in [-0.4, -0.2) is 71.5 Å². The molecule has 5 heterocycles. The topological polar surface area (TPSA) is 83.8 Å². The van der Waals surface area contributed by atoms with E-state index in [0.29, 0.717) is 24.5 Å². The number of ether oxygens (including phenoxy) is 4. The van der Waals surface area contributed by atoms with E-state index in [0.717, 1.165) is 68.3 Å². The van der Waals surface area contributed by atoms with Crippen molar-refractivity contribution in [2.75, 3.05) is 38.4 Å². The normalized spacial score (nSPS) is 23.9. The number of fused-ring (bicyclic) bond motifs is 1. The molecule has 1 unspecified atom stereocenters. The molecule has 0 N–H and O–H groups in total. The number of nitrogens with zero attached hydrogens (tertiary/aromatic N) is 5. The van der Waals surface area contributed by atoms with Gasteiger partial charge in [0.1, 0.15) is 18.2 Å². The molecule has 0 saturated carbocycles. The first-order valence-corrected chi connectivity index (χ1v) is 12.0. The van der Waals surface area contributed by atoms with E-state index < -0.39 is 0 Å². The SMILES string of the molecule is COc1cccc(-c2ccn(-c3cc(N4CC[C@H]5OCC[C@H]54)nc(OCC4CCCO4)n3)n2)c1. The minimum Gasteiger partial charge on any atom is -0.497 e. The third-order valence-corrected chi connectivity index (χ3v) is 6.81. The van der Waals surface area contributed by atoms with Crippen molar-refractivity contribution in [3.8, 4) is 28.8 Å². The van der Waals surface area contributed by atoms with Crippen LogP contribution in [0.3, 0.4) is 0 Å². The molecule has 0 bridgehead atoms. The van der Waals surface area contributed by atoms with Crippen molar-refractivity contribution in [1.29, 1.82) is 0 Å². The average Bonchev–Trinajstić information content (AvgIpc) is 3.67. The number of anilines is 1. The fourth-order valence-corrected chi connectivity index (χ4v) is 5.05. The summed E-state index contributed by atoms with van der Waals surface area (Å²) < 4.78 is 24.8. The van der Waals surface area contributed by atoms with Crippen LogP contribution in [0.1, 0.15) is 25.7 Å². The highest BCUT2D eigenvalue weighted by Gasteiger charge is 2.39. The monoisotopic (exact) mass is 463 g/mol. The largest absolute Gasteiger partial charge is 0.497 e. The maximum atomic E-state index is 6.02. The van der Waals surface area contributed by atoms with Crippen molar-refractivity contribution in [1.82, 2.24) is 19.7 Å². The summed E-state index contributed by atoms with van der Waals surface area (Å²) in [5.74, 6) is 2.32. The van der Waals surface area contributed by atoms with E-state index in [1.54, 1.807) is 11.8 Å². The van der Waals surface area contributed by atoms with E-state index >= 15 is 0 Å². The molecule has 0 radical (unpaired) electrons. The minimum absolute atomic E-state index is 0.0967. The molecule has 3 fully saturated rings. The highest BCUT2D eigenvalue weighted by molar-refractivity contribution is 5.61. The second-order valence-corrected chi connectivity index (χ2v) is 8.94. The summed E-state index contributed by atoms with van der Waals surface area (Å²) in [6.07, 6.45) is 6.38. The first kappa shape index (κ1) is 21.4.